The van der Waals surface area contributed by atoms with E-state index in [1.54, 1.807) is 11.0 Å². The lowest BCUT2D eigenvalue weighted by Crippen LogP contribution is -2.51. The molecule has 144 valence electrons. The molecule has 2 amide bonds. The zero-order valence-corrected chi connectivity index (χ0v) is 15.6. The Morgan fingerprint density at radius 1 is 1.18 bits per heavy atom. The molecule has 3 aromatic rings. The monoisotopic (exact) mass is 379 g/mol. The highest BCUT2D eigenvalue weighted by Gasteiger charge is 2.34. The van der Waals surface area contributed by atoms with Crippen LogP contribution >= 0.6 is 0 Å². The number of carbonyl (C=O) groups excluding carboxylic acids is 2. The van der Waals surface area contributed by atoms with Gasteiger partial charge < -0.3 is 19.5 Å². The van der Waals surface area contributed by atoms with Crippen LogP contribution in [-0.4, -0.2) is 36.2 Å². The van der Waals surface area contributed by atoms with E-state index < -0.39 is 6.10 Å². The number of rotatable bonds is 5. The largest absolute Gasteiger partial charge is 0.477 e. The molecule has 7 heteroatoms. The zero-order chi connectivity index (χ0) is 19.5. The molecule has 2 heterocycles. The lowest BCUT2D eigenvalue weighted by molar-refractivity contribution is -0.128. The number of ether oxygens (including phenoxy) is 1. The van der Waals surface area contributed by atoms with Crippen molar-refractivity contribution in [2.45, 2.75) is 25.9 Å². The maximum absolute atomic E-state index is 13.1. The topological polar surface area (TPSA) is 84.7 Å². The molecule has 1 atom stereocenters. The zero-order valence-electron chi connectivity index (χ0n) is 15.6. The molecule has 1 aliphatic rings. The summed E-state index contributed by atoms with van der Waals surface area (Å²) in [5.41, 5.74) is 1.88. The molecule has 0 bridgehead atoms. The molecule has 1 N–H and O–H groups in total. The highest BCUT2D eigenvalue weighted by atomic mass is 16.5. The molecular weight excluding hydrogens is 358 g/mol. The van der Waals surface area contributed by atoms with Crippen molar-refractivity contribution in [3.63, 3.8) is 0 Å². The predicted molar refractivity (Wildman–Crippen MR) is 104 cm³/mol. The lowest BCUT2D eigenvalue weighted by Gasteiger charge is -2.34. The molecule has 4 rings (SSSR count). The van der Waals surface area contributed by atoms with E-state index >= 15 is 0 Å². The van der Waals surface area contributed by atoms with Gasteiger partial charge in [-0.15, -0.1) is 0 Å². The maximum Gasteiger partial charge on any atom is 0.262 e. The van der Waals surface area contributed by atoms with Crippen molar-refractivity contribution in [1.82, 2.24) is 10.5 Å². The number of fused-ring (bicyclic) bond motifs is 2. The van der Waals surface area contributed by atoms with Gasteiger partial charge in [-0.25, -0.2) is 0 Å². The number of carbonyl (C=O) groups is 2. The number of hydrogen-bond acceptors (Lipinski definition) is 5. The summed E-state index contributed by atoms with van der Waals surface area (Å²) in [6.45, 7) is 2.70. The normalized spacial score (nSPS) is 15.8. The Morgan fingerprint density at radius 3 is 2.82 bits per heavy atom. The summed E-state index contributed by atoms with van der Waals surface area (Å²) in [5, 5.41) is 7.70. The van der Waals surface area contributed by atoms with Crippen molar-refractivity contribution in [2.24, 2.45) is 0 Å². The van der Waals surface area contributed by atoms with Crippen LogP contribution in [-0.2, 0) is 16.0 Å². The number of para-hydroxylation sites is 3. The van der Waals surface area contributed by atoms with Crippen molar-refractivity contribution >= 4 is 28.5 Å². The van der Waals surface area contributed by atoms with Gasteiger partial charge in [0, 0.05) is 11.9 Å². The van der Waals surface area contributed by atoms with E-state index in [1.165, 1.54) is 0 Å². The fraction of sp³-hybridized carbons (Fsp3) is 0.286. The highest BCUT2D eigenvalue weighted by Crippen LogP contribution is 2.33. The van der Waals surface area contributed by atoms with Gasteiger partial charge in [-0.05, 0) is 30.7 Å². The Morgan fingerprint density at radius 2 is 1.96 bits per heavy atom. The third-order valence-corrected chi connectivity index (χ3v) is 4.69. The van der Waals surface area contributed by atoms with Crippen LogP contribution in [0.2, 0.25) is 0 Å². The fourth-order valence-corrected chi connectivity index (χ4v) is 3.27. The molecule has 1 aliphatic heterocycles. The summed E-state index contributed by atoms with van der Waals surface area (Å²) < 4.78 is 11.1. The van der Waals surface area contributed by atoms with Crippen LogP contribution in [0.3, 0.4) is 0 Å². The van der Waals surface area contributed by atoms with Gasteiger partial charge >= 0.3 is 0 Å². The average molecular weight is 379 g/mol. The first-order valence-corrected chi connectivity index (χ1v) is 9.34. The average Bonchev–Trinajstić information content (AvgIpc) is 3.14. The highest BCUT2D eigenvalue weighted by molar-refractivity contribution is 5.99. The van der Waals surface area contributed by atoms with E-state index in [4.69, 9.17) is 9.26 Å². The van der Waals surface area contributed by atoms with Crippen molar-refractivity contribution in [3.8, 4) is 5.75 Å². The van der Waals surface area contributed by atoms with Gasteiger partial charge in [0.2, 0.25) is 5.91 Å². The van der Waals surface area contributed by atoms with Gasteiger partial charge in [0.15, 0.2) is 11.7 Å². The Hall–Kier alpha value is -3.35. The maximum atomic E-state index is 13.1. The smallest absolute Gasteiger partial charge is 0.262 e. The van der Waals surface area contributed by atoms with Crippen LogP contribution in [0, 0.1) is 0 Å². The first-order chi connectivity index (χ1) is 13.7. The van der Waals surface area contributed by atoms with Gasteiger partial charge in [0.1, 0.15) is 11.4 Å². The molecule has 0 fully saturated rings. The van der Waals surface area contributed by atoms with Crippen LogP contribution in [0.5, 0.6) is 5.75 Å². The van der Waals surface area contributed by atoms with E-state index in [1.807, 2.05) is 49.4 Å². The Bertz CT molecular complexity index is 1010. The summed E-state index contributed by atoms with van der Waals surface area (Å²) >= 11 is 0. The molecule has 2 aromatic carbocycles. The minimum atomic E-state index is -0.751. The second-order valence-corrected chi connectivity index (χ2v) is 6.67. The molecule has 0 radical (unpaired) electrons. The van der Waals surface area contributed by atoms with Crippen LogP contribution in [0.1, 0.15) is 19.0 Å². The molecule has 1 aromatic heterocycles. The third-order valence-electron chi connectivity index (χ3n) is 4.69. The standard InChI is InChI=1S/C21H21N3O4/c1-2-11-22-21(26)19-13-24(16-8-4-6-10-18(16)27-19)20(25)12-15-14-7-3-5-9-17(14)28-23-15/h3-10,19H,2,11-13H2,1H3,(H,22,26)/t19-/m1/s1. The third kappa shape index (κ3) is 3.43. The number of aromatic nitrogens is 1. The van der Waals surface area contributed by atoms with Crippen molar-refractivity contribution in [1.29, 1.82) is 0 Å². The summed E-state index contributed by atoms with van der Waals surface area (Å²) in [5.74, 6) is 0.132. The predicted octanol–water partition coefficient (Wildman–Crippen LogP) is 2.69. The summed E-state index contributed by atoms with van der Waals surface area (Å²) in [6, 6.07) is 14.7. The van der Waals surface area contributed by atoms with Crippen molar-refractivity contribution in [2.75, 3.05) is 18.0 Å². The molecule has 0 spiro atoms. The van der Waals surface area contributed by atoms with Crippen molar-refractivity contribution < 1.29 is 18.8 Å². The number of nitrogens with one attached hydrogen (secondary N) is 1. The van der Waals surface area contributed by atoms with Gasteiger partial charge in [-0.1, -0.05) is 36.3 Å². The second-order valence-electron chi connectivity index (χ2n) is 6.67. The van der Waals surface area contributed by atoms with E-state index in [0.717, 1.165) is 11.8 Å². The minimum absolute atomic E-state index is 0.0780. The van der Waals surface area contributed by atoms with Gasteiger partial charge in [0.05, 0.1) is 18.7 Å². The Balaban J connectivity index is 1.59. The quantitative estimate of drug-likeness (QED) is 0.737. The lowest BCUT2D eigenvalue weighted by atomic mass is 10.1. The van der Waals surface area contributed by atoms with E-state index in [2.05, 4.69) is 10.5 Å². The van der Waals surface area contributed by atoms with Crippen molar-refractivity contribution in [3.05, 3.63) is 54.2 Å². The number of benzene rings is 2. The van der Waals surface area contributed by atoms with Crippen LogP contribution in [0.25, 0.3) is 11.0 Å². The van der Waals surface area contributed by atoms with Gasteiger partial charge in [0.25, 0.3) is 5.91 Å². The molecule has 0 unspecified atom stereocenters. The second kappa shape index (κ2) is 7.72. The molecule has 28 heavy (non-hydrogen) atoms. The number of anilines is 1. The summed E-state index contributed by atoms with van der Waals surface area (Å²) in [4.78, 5) is 27.1. The Labute approximate surface area is 162 Å². The molecule has 0 saturated heterocycles. The fourth-order valence-electron chi connectivity index (χ4n) is 3.27. The van der Waals surface area contributed by atoms with Crippen LogP contribution in [0.4, 0.5) is 5.69 Å². The van der Waals surface area contributed by atoms with E-state index in [0.29, 0.717) is 29.3 Å². The SMILES string of the molecule is CCCNC(=O)[C@H]1CN(C(=O)Cc2noc3ccccc23)c2ccccc2O1. The first kappa shape index (κ1) is 18.0. The molecule has 0 saturated carbocycles. The van der Waals surface area contributed by atoms with E-state index in [9.17, 15) is 9.59 Å². The molecule has 0 aliphatic carbocycles. The number of nitrogens with zero attached hydrogens (tertiary/aromatic N) is 2. The van der Waals surface area contributed by atoms with Crippen LogP contribution < -0.4 is 15.0 Å². The summed E-state index contributed by atoms with van der Waals surface area (Å²) in [6.07, 6.45) is 0.158. The first-order valence-electron chi connectivity index (χ1n) is 9.34. The summed E-state index contributed by atoms with van der Waals surface area (Å²) in [7, 11) is 0. The van der Waals surface area contributed by atoms with Crippen LogP contribution in [0.15, 0.2) is 53.1 Å². The Kier molecular flexibility index (Phi) is 4.97. The molecular formula is C21H21N3O4. The number of hydrogen-bond donors (Lipinski definition) is 1. The number of amides is 2. The van der Waals surface area contributed by atoms with Gasteiger partial charge in [-0.3, -0.25) is 9.59 Å². The molecule has 7 nitrogen and oxygen atoms in total. The van der Waals surface area contributed by atoms with E-state index in [-0.39, 0.29) is 24.8 Å². The minimum Gasteiger partial charge on any atom is -0.477 e. The van der Waals surface area contributed by atoms with Gasteiger partial charge in [-0.2, -0.15) is 0 Å².